The highest BCUT2D eigenvalue weighted by atomic mass is 79.9. The summed E-state index contributed by atoms with van der Waals surface area (Å²) in [6.45, 7) is 0.474. The molecule has 0 bridgehead atoms. The Morgan fingerprint density at radius 2 is 1.93 bits per heavy atom. The molecule has 0 radical (unpaired) electrons. The van der Waals surface area contributed by atoms with Crippen molar-refractivity contribution in [1.82, 2.24) is 4.90 Å². The van der Waals surface area contributed by atoms with Gasteiger partial charge in [0.05, 0.1) is 19.1 Å². The first-order valence-corrected chi connectivity index (χ1v) is 10.1. The van der Waals surface area contributed by atoms with Crippen LogP contribution >= 0.6 is 15.9 Å². The Morgan fingerprint density at radius 3 is 2.63 bits per heavy atom. The van der Waals surface area contributed by atoms with Crippen molar-refractivity contribution in [1.29, 1.82) is 0 Å². The van der Waals surface area contributed by atoms with Crippen LogP contribution in [0.3, 0.4) is 0 Å². The molecule has 3 rings (SSSR count). The molecule has 0 fully saturated rings. The maximum absolute atomic E-state index is 14.1. The monoisotopic (exact) mass is 479 g/mol. The number of amides is 1. The van der Waals surface area contributed by atoms with Crippen LogP contribution in [0.5, 0.6) is 5.75 Å². The Morgan fingerprint density at radius 1 is 1.20 bits per heavy atom. The molecular formula is C22H20BrF2NO4. The first-order chi connectivity index (χ1) is 14.4. The van der Waals surface area contributed by atoms with E-state index in [0.717, 1.165) is 0 Å². The number of ether oxygens (including phenoxy) is 2. The highest BCUT2D eigenvalue weighted by Gasteiger charge is 2.29. The van der Waals surface area contributed by atoms with Crippen LogP contribution in [0, 0.1) is 11.6 Å². The topological polar surface area (TPSA) is 55.8 Å². The van der Waals surface area contributed by atoms with E-state index in [9.17, 15) is 18.4 Å². The molecule has 1 atom stereocenters. The van der Waals surface area contributed by atoms with Crippen LogP contribution in [-0.2, 0) is 20.7 Å². The van der Waals surface area contributed by atoms with Gasteiger partial charge in [0.2, 0.25) is 5.91 Å². The Balaban J connectivity index is 1.82. The molecule has 1 heterocycles. The van der Waals surface area contributed by atoms with Crippen LogP contribution in [0.4, 0.5) is 8.78 Å². The third-order valence-corrected chi connectivity index (χ3v) is 5.42. The number of hydrogen-bond donors (Lipinski definition) is 0. The van der Waals surface area contributed by atoms with E-state index in [1.807, 2.05) is 0 Å². The molecule has 1 aliphatic heterocycles. The van der Waals surface area contributed by atoms with Crippen molar-refractivity contribution in [3.63, 3.8) is 0 Å². The number of ketones is 1. The highest BCUT2D eigenvalue weighted by molar-refractivity contribution is 9.10. The highest BCUT2D eigenvalue weighted by Crippen LogP contribution is 2.31. The number of carbonyl (C=O) groups is 2. The average Bonchev–Trinajstić information content (AvgIpc) is 2.71. The molecule has 30 heavy (non-hydrogen) atoms. The second kappa shape index (κ2) is 9.95. The molecule has 2 aromatic carbocycles. The van der Waals surface area contributed by atoms with Gasteiger partial charge in [0, 0.05) is 24.2 Å². The molecular weight excluding hydrogens is 460 g/mol. The molecule has 0 saturated carbocycles. The molecule has 5 nitrogen and oxygen atoms in total. The van der Waals surface area contributed by atoms with Crippen LogP contribution in [0.15, 0.2) is 53.1 Å². The van der Waals surface area contributed by atoms with Crippen molar-refractivity contribution >= 4 is 27.6 Å². The maximum Gasteiger partial charge on any atom is 0.231 e. The quantitative estimate of drug-likeness (QED) is 0.554. The summed E-state index contributed by atoms with van der Waals surface area (Å²) in [5.41, 5.74) is 1.20. The Kier molecular flexibility index (Phi) is 7.33. The fraction of sp³-hybridized carbons (Fsp3) is 0.273. The number of benzene rings is 2. The van der Waals surface area contributed by atoms with Crippen LogP contribution < -0.4 is 4.74 Å². The number of halogens is 3. The minimum Gasteiger partial charge on any atom is -0.488 e. The molecule has 1 amide bonds. The summed E-state index contributed by atoms with van der Waals surface area (Å²) >= 11 is 3.29. The number of methoxy groups -OCH3 is 1. The van der Waals surface area contributed by atoms with Crippen LogP contribution in [0.2, 0.25) is 0 Å². The van der Waals surface area contributed by atoms with Gasteiger partial charge in [-0.3, -0.25) is 9.59 Å². The fourth-order valence-electron chi connectivity index (χ4n) is 3.15. The first-order valence-electron chi connectivity index (χ1n) is 9.26. The maximum atomic E-state index is 14.1. The molecule has 1 unspecified atom stereocenters. The lowest BCUT2D eigenvalue weighted by Gasteiger charge is -2.31. The normalized spacial score (nSPS) is 16.1. The lowest BCUT2D eigenvalue weighted by molar-refractivity contribution is -0.131. The van der Waals surface area contributed by atoms with Gasteiger partial charge in [0.1, 0.15) is 12.4 Å². The zero-order valence-electron chi connectivity index (χ0n) is 16.2. The lowest BCUT2D eigenvalue weighted by atomic mass is 9.96. The van der Waals surface area contributed by atoms with Crippen LogP contribution in [0.25, 0.3) is 0 Å². The largest absolute Gasteiger partial charge is 0.488 e. The Labute approximate surface area is 181 Å². The van der Waals surface area contributed by atoms with Crippen LogP contribution in [0.1, 0.15) is 23.6 Å². The van der Waals surface area contributed by atoms with Gasteiger partial charge < -0.3 is 14.4 Å². The summed E-state index contributed by atoms with van der Waals surface area (Å²) in [7, 11) is 1.51. The second-order valence-electron chi connectivity index (χ2n) is 6.75. The summed E-state index contributed by atoms with van der Waals surface area (Å²) < 4.78 is 38.1. The lowest BCUT2D eigenvalue weighted by Crippen LogP contribution is -2.35. The molecule has 8 heteroatoms. The Bertz CT molecular complexity index is 962. The molecule has 0 aromatic heterocycles. The fourth-order valence-corrected chi connectivity index (χ4v) is 3.61. The molecule has 0 saturated heterocycles. The van der Waals surface area contributed by atoms with Gasteiger partial charge in [-0.2, -0.15) is 0 Å². The minimum absolute atomic E-state index is 0.0255. The third kappa shape index (κ3) is 5.31. The second-order valence-corrected chi connectivity index (χ2v) is 7.60. The molecule has 0 aliphatic carbocycles. The van der Waals surface area contributed by atoms with Gasteiger partial charge in [-0.15, -0.1) is 0 Å². The number of allylic oxidation sites excluding steroid dienone is 1. The number of carbonyl (C=O) groups excluding carboxylic acids is 2. The van der Waals surface area contributed by atoms with Crippen molar-refractivity contribution < 1.29 is 27.8 Å². The van der Waals surface area contributed by atoms with Crippen molar-refractivity contribution in [2.24, 2.45) is 0 Å². The number of rotatable bonds is 7. The van der Waals surface area contributed by atoms with E-state index in [-0.39, 0.29) is 36.9 Å². The van der Waals surface area contributed by atoms with Crippen molar-refractivity contribution in [2.45, 2.75) is 18.9 Å². The van der Waals surface area contributed by atoms with Gasteiger partial charge in [-0.25, -0.2) is 8.78 Å². The predicted octanol–water partition coefficient (Wildman–Crippen LogP) is 4.35. The average molecular weight is 480 g/mol. The van der Waals surface area contributed by atoms with Crippen molar-refractivity contribution in [3.8, 4) is 5.75 Å². The molecule has 158 valence electrons. The molecule has 0 spiro atoms. The predicted molar refractivity (Wildman–Crippen MR) is 110 cm³/mol. The molecule has 2 aromatic rings. The number of nitrogens with zero attached hydrogens (tertiary/aromatic N) is 1. The van der Waals surface area contributed by atoms with E-state index in [1.54, 1.807) is 12.1 Å². The van der Waals surface area contributed by atoms with Gasteiger partial charge in [-0.1, -0.05) is 28.1 Å². The van der Waals surface area contributed by atoms with E-state index in [1.165, 1.54) is 48.6 Å². The van der Waals surface area contributed by atoms with Gasteiger partial charge in [0.25, 0.3) is 0 Å². The van der Waals surface area contributed by atoms with Gasteiger partial charge in [-0.05, 0) is 41.5 Å². The SMILES string of the molecule is COCCOc1cc(CC(=O)N2C=CC(=O)CC2c2ccc(F)cc2)c(Br)cc1F. The van der Waals surface area contributed by atoms with E-state index in [0.29, 0.717) is 22.2 Å². The van der Waals surface area contributed by atoms with Crippen molar-refractivity contribution in [3.05, 3.63) is 75.9 Å². The minimum atomic E-state index is -0.554. The zero-order valence-corrected chi connectivity index (χ0v) is 17.8. The summed E-state index contributed by atoms with van der Waals surface area (Å²) in [5.74, 6) is -1.33. The van der Waals surface area contributed by atoms with Gasteiger partial charge in [0.15, 0.2) is 17.3 Å². The summed E-state index contributed by atoms with van der Waals surface area (Å²) in [5, 5.41) is 0. The Hall–Kier alpha value is -2.58. The summed E-state index contributed by atoms with van der Waals surface area (Å²) in [4.78, 5) is 26.4. The molecule has 1 aliphatic rings. The van der Waals surface area contributed by atoms with E-state index < -0.39 is 17.7 Å². The van der Waals surface area contributed by atoms with Gasteiger partial charge >= 0.3 is 0 Å². The third-order valence-electron chi connectivity index (χ3n) is 4.68. The number of hydrogen-bond acceptors (Lipinski definition) is 4. The van der Waals surface area contributed by atoms with E-state index in [4.69, 9.17) is 9.47 Å². The van der Waals surface area contributed by atoms with E-state index >= 15 is 0 Å². The zero-order chi connectivity index (χ0) is 21.7. The molecule has 0 N–H and O–H groups in total. The standard InChI is InChI=1S/C22H20BrF2NO4/c1-29-8-9-30-21-10-15(18(23)13-19(21)25)11-22(28)26-7-6-17(27)12-20(26)14-2-4-16(24)5-3-14/h2-7,10,13,20H,8-9,11-12H2,1H3. The smallest absolute Gasteiger partial charge is 0.231 e. The van der Waals surface area contributed by atoms with E-state index in [2.05, 4.69) is 15.9 Å². The summed E-state index contributed by atoms with van der Waals surface area (Å²) in [6, 6.07) is 7.88. The first kappa shape index (κ1) is 22.1. The van der Waals surface area contributed by atoms with Crippen LogP contribution in [-0.4, -0.2) is 36.9 Å². The van der Waals surface area contributed by atoms with Crippen molar-refractivity contribution in [2.75, 3.05) is 20.3 Å². The summed E-state index contributed by atoms with van der Waals surface area (Å²) in [6.07, 6.45) is 2.84.